The summed E-state index contributed by atoms with van der Waals surface area (Å²) in [6.07, 6.45) is 5.16. The molecule has 0 aliphatic carbocycles. The number of aryl methyl sites for hydroxylation is 2. The Bertz CT molecular complexity index is 1100. The fourth-order valence-corrected chi connectivity index (χ4v) is 2.83. The van der Waals surface area contributed by atoms with Gasteiger partial charge in [-0.05, 0) is 20.8 Å². The molecule has 0 spiro atoms. The maximum atomic E-state index is 13.5. The van der Waals surface area contributed by atoms with Crippen molar-refractivity contribution >= 4 is 23.0 Å². The van der Waals surface area contributed by atoms with Gasteiger partial charge in [-0.25, -0.2) is 0 Å². The summed E-state index contributed by atoms with van der Waals surface area (Å²) in [6.45, 7) is 4.81. The minimum atomic E-state index is -4.24. The highest BCUT2D eigenvalue weighted by atomic mass is 19.3. The number of rotatable bonds is 7. The van der Waals surface area contributed by atoms with E-state index in [1.54, 1.807) is 13.8 Å². The minimum Gasteiger partial charge on any atom is -0.470 e. The number of halogens is 4. The standard InChI is InChI=1S/C10H13F2N3O3.C9H11F2N3O3/c1-4-13-9(10(11,12)15(16)17)14(3)8-6-18-5-7(8)2;1-6-4-17-5-7(6)13(3)8(12-2)9(10,11)14(15)16/h5-6H,4H2,1-3H3;4-5H,1-3H3. The molecule has 16 heteroatoms. The number of anilines is 2. The van der Waals surface area contributed by atoms with Crippen LogP contribution in [0, 0.1) is 34.1 Å². The van der Waals surface area contributed by atoms with Gasteiger partial charge in [0.15, 0.2) is 0 Å². The van der Waals surface area contributed by atoms with Gasteiger partial charge in [0.25, 0.3) is 11.7 Å². The number of amidine groups is 2. The van der Waals surface area contributed by atoms with Crippen LogP contribution in [0.15, 0.2) is 43.9 Å². The van der Waals surface area contributed by atoms with Crippen molar-refractivity contribution < 1.29 is 36.2 Å². The summed E-state index contributed by atoms with van der Waals surface area (Å²) < 4.78 is 63.2. The predicted octanol–water partition coefficient (Wildman–Crippen LogP) is 4.23. The quantitative estimate of drug-likeness (QED) is 0.135. The van der Waals surface area contributed by atoms with Gasteiger partial charge in [-0.15, -0.1) is 17.6 Å². The average Bonchev–Trinajstić information content (AvgIpc) is 3.39. The summed E-state index contributed by atoms with van der Waals surface area (Å²) in [5.41, 5.74) is 1.77. The van der Waals surface area contributed by atoms with Gasteiger partial charge in [0.2, 0.25) is 0 Å². The van der Waals surface area contributed by atoms with Gasteiger partial charge in [-0.1, -0.05) is 0 Å². The molecule has 0 bridgehead atoms. The van der Waals surface area contributed by atoms with Crippen molar-refractivity contribution in [3.8, 4) is 0 Å². The Morgan fingerprint density at radius 3 is 1.54 bits per heavy atom. The SMILES string of the molecule is CCN=C(N(C)c1cocc1C)C(F)(F)[N+](=O)[O-].CN=C(N(C)c1cocc1C)C(F)(F)[N+](=O)[O-]. The molecule has 0 aliphatic rings. The number of hydrogen-bond donors (Lipinski definition) is 0. The molecule has 0 unspecified atom stereocenters. The van der Waals surface area contributed by atoms with E-state index >= 15 is 0 Å². The minimum absolute atomic E-state index is 0.0139. The van der Waals surface area contributed by atoms with Crippen molar-refractivity contribution in [2.24, 2.45) is 9.98 Å². The summed E-state index contributed by atoms with van der Waals surface area (Å²) in [4.78, 5) is 26.1. The largest absolute Gasteiger partial charge is 0.572 e. The molecule has 0 aliphatic heterocycles. The fourth-order valence-electron chi connectivity index (χ4n) is 2.83. The molecule has 0 amide bonds. The Kier molecular flexibility index (Phi) is 9.49. The zero-order valence-corrected chi connectivity index (χ0v) is 19.7. The number of hydrogen-bond acceptors (Lipinski definition) is 8. The molecule has 0 saturated carbocycles. The topological polar surface area (TPSA) is 144 Å². The molecular weight excluding hydrogens is 484 g/mol. The van der Waals surface area contributed by atoms with E-state index in [4.69, 9.17) is 8.83 Å². The Hall–Kier alpha value is -3.98. The zero-order chi connectivity index (χ0) is 27.1. The summed E-state index contributed by atoms with van der Waals surface area (Å²) in [5.74, 6) is -1.87. The molecule has 2 aromatic heterocycles. The molecule has 0 aromatic carbocycles. The van der Waals surface area contributed by atoms with E-state index in [1.165, 1.54) is 46.1 Å². The lowest BCUT2D eigenvalue weighted by Gasteiger charge is -2.21. The van der Waals surface area contributed by atoms with Crippen LogP contribution >= 0.6 is 0 Å². The van der Waals surface area contributed by atoms with Crippen molar-refractivity contribution in [2.75, 3.05) is 37.5 Å². The second kappa shape index (κ2) is 11.4. The lowest BCUT2D eigenvalue weighted by molar-refractivity contribution is -0.617. The number of likely N-dealkylation sites (N-methyl/N-ethyl adjacent to an activating group) is 2. The third kappa shape index (κ3) is 6.33. The second-order valence-electron chi connectivity index (χ2n) is 6.94. The Morgan fingerprint density at radius 2 is 1.26 bits per heavy atom. The molecule has 2 aromatic rings. The maximum Gasteiger partial charge on any atom is 0.572 e. The highest BCUT2D eigenvalue weighted by molar-refractivity contribution is 6.02. The molecule has 0 fully saturated rings. The summed E-state index contributed by atoms with van der Waals surface area (Å²) in [6, 6.07) is -8.48. The van der Waals surface area contributed by atoms with Crippen LogP contribution < -0.4 is 9.80 Å². The molecule has 0 saturated heterocycles. The van der Waals surface area contributed by atoms with E-state index in [2.05, 4.69) is 9.98 Å². The molecule has 35 heavy (non-hydrogen) atoms. The van der Waals surface area contributed by atoms with Crippen LogP contribution in [0.2, 0.25) is 0 Å². The predicted molar refractivity (Wildman–Crippen MR) is 119 cm³/mol. The third-order valence-electron chi connectivity index (χ3n) is 4.53. The Balaban J connectivity index is 0.000000351. The van der Waals surface area contributed by atoms with Crippen molar-refractivity contribution in [1.29, 1.82) is 0 Å². The maximum absolute atomic E-state index is 13.5. The van der Waals surface area contributed by atoms with Crippen molar-refractivity contribution in [3.05, 3.63) is 56.4 Å². The number of nitro groups is 2. The van der Waals surface area contributed by atoms with Gasteiger partial charge in [-0.2, -0.15) is 0 Å². The Labute approximate surface area is 196 Å². The van der Waals surface area contributed by atoms with E-state index in [0.717, 1.165) is 16.8 Å². The van der Waals surface area contributed by atoms with Crippen LogP contribution in [0.25, 0.3) is 0 Å². The normalized spacial score (nSPS) is 12.6. The smallest absolute Gasteiger partial charge is 0.470 e. The summed E-state index contributed by atoms with van der Waals surface area (Å²) in [5, 5.41) is 20.7. The summed E-state index contributed by atoms with van der Waals surface area (Å²) >= 11 is 0. The van der Waals surface area contributed by atoms with Crippen LogP contribution in [0.5, 0.6) is 0 Å². The molecule has 0 radical (unpaired) electrons. The van der Waals surface area contributed by atoms with Crippen molar-refractivity contribution in [3.63, 3.8) is 0 Å². The first-order valence-corrected chi connectivity index (χ1v) is 9.74. The monoisotopic (exact) mass is 508 g/mol. The van der Waals surface area contributed by atoms with E-state index in [9.17, 15) is 37.8 Å². The van der Waals surface area contributed by atoms with Gasteiger partial charge < -0.3 is 18.6 Å². The van der Waals surface area contributed by atoms with Crippen LogP contribution in [0.4, 0.5) is 28.9 Å². The van der Waals surface area contributed by atoms with Gasteiger partial charge in [0.1, 0.15) is 22.4 Å². The molecule has 0 atom stereocenters. The van der Waals surface area contributed by atoms with Crippen molar-refractivity contribution in [1.82, 2.24) is 0 Å². The fraction of sp³-hybridized carbons (Fsp3) is 0.474. The third-order valence-corrected chi connectivity index (χ3v) is 4.53. The molecule has 2 rings (SSSR count). The number of nitrogens with zero attached hydrogens (tertiary/aromatic N) is 6. The van der Waals surface area contributed by atoms with Gasteiger partial charge in [-0.3, -0.25) is 30.2 Å². The van der Waals surface area contributed by atoms with Gasteiger partial charge >= 0.3 is 12.1 Å². The van der Waals surface area contributed by atoms with E-state index in [0.29, 0.717) is 22.5 Å². The molecular formula is C19H24F4N6O6. The first-order valence-electron chi connectivity index (χ1n) is 9.74. The van der Waals surface area contributed by atoms with E-state index < -0.39 is 33.6 Å². The zero-order valence-electron chi connectivity index (χ0n) is 19.7. The number of aliphatic imine (C=N–C) groups is 2. The highest BCUT2D eigenvalue weighted by Gasteiger charge is 2.54. The first-order chi connectivity index (χ1) is 16.1. The lowest BCUT2D eigenvalue weighted by Crippen LogP contribution is -2.47. The van der Waals surface area contributed by atoms with Crippen LogP contribution in [-0.2, 0) is 0 Å². The van der Waals surface area contributed by atoms with Gasteiger partial charge in [0, 0.05) is 38.8 Å². The van der Waals surface area contributed by atoms with Gasteiger partial charge in [0.05, 0.1) is 23.9 Å². The highest BCUT2D eigenvalue weighted by Crippen LogP contribution is 2.27. The molecule has 0 N–H and O–H groups in total. The van der Waals surface area contributed by atoms with E-state index in [-0.39, 0.29) is 6.54 Å². The molecule has 2 heterocycles. The first kappa shape index (κ1) is 29.1. The molecule has 12 nitrogen and oxygen atoms in total. The second-order valence-corrected chi connectivity index (χ2v) is 6.94. The molecule has 194 valence electrons. The van der Waals surface area contributed by atoms with Crippen LogP contribution in [0.3, 0.4) is 0 Å². The average molecular weight is 508 g/mol. The number of alkyl halides is 4. The number of furan rings is 2. The van der Waals surface area contributed by atoms with E-state index in [1.807, 2.05) is 0 Å². The summed E-state index contributed by atoms with van der Waals surface area (Å²) in [7, 11) is 3.61. The Morgan fingerprint density at radius 1 is 0.886 bits per heavy atom. The van der Waals surface area contributed by atoms with Crippen LogP contribution in [0.1, 0.15) is 18.1 Å². The van der Waals surface area contributed by atoms with Crippen LogP contribution in [-0.4, -0.2) is 61.3 Å². The van der Waals surface area contributed by atoms with Crippen molar-refractivity contribution in [2.45, 2.75) is 32.9 Å². The lowest BCUT2D eigenvalue weighted by atomic mass is 10.3.